The maximum atomic E-state index is 13.6. The van der Waals surface area contributed by atoms with Gasteiger partial charge in [0.05, 0.1) is 28.7 Å². The maximum absolute atomic E-state index is 13.6. The third-order valence-electron chi connectivity index (χ3n) is 5.78. The average molecular weight is 676 g/mol. The van der Waals surface area contributed by atoms with Crippen LogP contribution >= 0.6 is 43.5 Å². The Morgan fingerprint density at radius 3 is 2.69 bits per heavy atom. The molecular weight excluding hydrogens is 658 g/mol. The summed E-state index contributed by atoms with van der Waals surface area (Å²) in [5, 5.41) is 15.4. The summed E-state index contributed by atoms with van der Waals surface area (Å²) >= 11 is 13.1. The normalized spacial score (nSPS) is 12.3. The lowest BCUT2D eigenvalue weighted by molar-refractivity contribution is -0.144. The molecule has 0 saturated heterocycles. The molecule has 9 nitrogen and oxygen atoms in total. The Hall–Kier alpha value is -3.67. The molecule has 0 unspecified atom stereocenters. The van der Waals surface area contributed by atoms with E-state index in [-0.39, 0.29) is 17.3 Å². The Kier molecular flexibility index (Phi) is 7.48. The number of carboxylic acids is 1. The minimum atomic E-state index is -1.13. The third kappa shape index (κ3) is 5.17. The molecule has 0 aliphatic carbocycles. The SMILES string of the molecule is COc1cc(C=Nn2c(-c3cc4cc(Cl)ccc4o3)nc3ccccc3c2=O)c(Br)c(Br)c1O[C@@H](C)C(=O)O. The van der Waals surface area contributed by atoms with Crippen LogP contribution in [-0.2, 0) is 4.79 Å². The molecule has 2 aromatic heterocycles. The van der Waals surface area contributed by atoms with Crippen LogP contribution in [0.25, 0.3) is 33.5 Å². The molecule has 0 amide bonds. The highest BCUT2D eigenvalue weighted by Gasteiger charge is 2.22. The van der Waals surface area contributed by atoms with Crippen molar-refractivity contribution in [1.82, 2.24) is 9.66 Å². The number of carbonyl (C=O) groups is 1. The van der Waals surface area contributed by atoms with E-state index in [1.807, 2.05) is 0 Å². The van der Waals surface area contributed by atoms with Gasteiger partial charge in [-0.25, -0.2) is 9.78 Å². The molecule has 0 aliphatic heterocycles. The topological polar surface area (TPSA) is 116 Å². The van der Waals surface area contributed by atoms with Gasteiger partial charge in [-0.1, -0.05) is 23.7 Å². The largest absolute Gasteiger partial charge is 0.493 e. The predicted molar refractivity (Wildman–Crippen MR) is 155 cm³/mol. The molecule has 0 fully saturated rings. The highest BCUT2D eigenvalue weighted by molar-refractivity contribution is 9.13. The van der Waals surface area contributed by atoms with Gasteiger partial charge >= 0.3 is 5.97 Å². The van der Waals surface area contributed by atoms with Gasteiger partial charge in [-0.15, -0.1) is 0 Å². The standard InChI is InChI=1S/C27H18Br2ClN3O6/c1-13(27(35)36)38-24-20(37-2)11-15(22(28)23(24)29)12-31-33-25(32-18-6-4-3-5-17(18)26(33)34)21-10-14-9-16(30)7-8-19(14)39-21/h3-13H,1-2H3,(H,35,36)/t13-/m0/s1. The van der Waals surface area contributed by atoms with Gasteiger partial charge < -0.3 is 19.0 Å². The molecule has 0 aliphatic rings. The first-order chi connectivity index (χ1) is 18.7. The van der Waals surface area contributed by atoms with Crippen LogP contribution < -0.4 is 15.0 Å². The summed E-state index contributed by atoms with van der Waals surface area (Å²) in [7, 11) is 1.43. The van der Waals surface area contributed by atoms with Crippen LogP contribution in [0.15, 0.2) is 77.9 Å². The zero-order valence-electron chi connectivity index (χ0n) is 20.3. The van der Waals surface area contributed by atoms with Crippen LogP contribution in [0.3, 0.4) is 0 Å². The van der Waals surface area contributed by atoms with Gasteiger partial charge in [-0.3, -0.25) is 4.79 Å². The third-order valence-corrected chi connectivity index (χ3v) is 8.16. The van der Waals surface area contributed by atoms with Crippen LogP contribution in [0.2, 0.25) is 5.02 Å². The second kappa shape index (κ2) is 10.8. The Balaban J connectivity index is 1.66. The van der Waals surface area contributed by atoms with Gasteiger partial charge in [0.2, 0.25) is 5.82 Å². The van der Waals surface area contributed by atoms with Crippen molar-refractivity contribution in [2.75, 3.05) is 7.11 Å². The molecule has 3 aromatic carbocycles. The van der Waals surface area contributed by atoms with E-state index in [1.54, 1.807) is 54.6 Å². The number of methoxy groups -OCH3 is 1. The van der Waals surface area contributed by atoms with Crippen molar-refractivity contribution >= 4 is 77.5 Å². The number of hydrogen-bond acceptors (Lipinski definition) is 7. The number of aromatic nitrogens is 2. The molecule has 198 valence electrons. The van der Waals surface area contributed by atoms with E-state index in [0.717, 1.165) is 10.1 Å². The number of furan rings is 1. The number of halogens is 3. The van der Waals surface area contributed by atoms with Crippen molar-refractivity contribution in [1.29, 1.82) is 0 Å². The molecule has 1 atom stereocenters. The zero-order valence-corrected chi connectivity index (χ0v) is 24.2. The van der Waals surface area contributed by atoms with Gasteiger partial charge in [-0.05, 0) is 81.2 Å². The average Bonchev–Trinajstić information content (AvgIpc) is 3.34. The first kappa shape index (κ1) is 26.9. The fourth-order valence-corrected chi connectivity index (χ4v) is 4.92. The smallest absolute Gasteiger partial charge is 0.344 e. The number of para-hydroxylation sites is 1. The fraction of sp³-hybridized carbons (Fsp3) is 0.111. The highest BCUT2D eigenvalue weighted by Crippen LogP contribution is 2.43. The monoisotopic (exact) mass is 673 g/mol. The molecular formula is C27H18Br2ClN3O6. The van der Waals surface area contributed by atoms with Crippen LogP contribution in [0.5, 0.6) is 11.5 Å². The quantitative estimate of drug-likeness (QED) is 0.190. The second-order valence-electron chi connectivity index (χ2n) is 8.33. The summed E-state index contributed by atoms with van der Waals surface area (Å²) in [5.41, 5.74) is 1.18. The summed E-state index contributed by atoms with van der Waals surface area (Å²) in [4.78, 5) is 29.5. The van der Waals surface area contributed by atoms with Crippen molar-refractivity contribution in [2.24, 2.45) is 5.10 Å². The lowest BCUT2D eigenvalue weighted by atomic mass is 10.2. The molecule has 2 heterocycles. The van der Waals surface area contributed by atoms with Crippen molar-refractivity contribution in [3.05, 3.63) is 84.5 Å². The number of fused-ring (bicyclic) bond motifs is 2. The summed E-state index contributed by atoms with van der Waals surface area (Å²) in [5.74, 6) is -0.147. The summed E-state index contributed by atoms with van der Waals surface area (Å²) in [6, 6.07) is 15.5. The molecule has 0 spiro atoms. The number of carboxylic acid groups (broad SMARTS) is 1. The van der Waals surface area contributed by atoms with E-state index in [9.17, 15) is 14.7 Å². The molecule has 0 bridgehead atoms. The number of nitrogens with zero attached hydrogens (tertiary/aromatic N) is 3. The number of aliphatic carboxylic acids is 1. The van der Waals surface area contributed by atoms with Crippen LogP contribution in [0.1, 0.15) is 12.5 Å². The summed E-state index contributed by atoms with van der Waals surface area (Å²) in [6.07, 6.45) is 0.327. The lowest BCUT2D eigenvalue weighted by Gasteiger charge is -2.17. The van der Waals surface area contributed by atoms with E-state index in [0.29, 0.717) is 41.8 Å². The predicted octanol–water partition coefficient (Wildman–Crippen LogP) is 6.73. The fourth-order valence-electron chi connectivity index (χ4n) is 3.82. The molecule has 5 aromatic rings. The number of rotatable bonds is 7. The molecule has 0 radical (unpaired) electrons. The second-order valence-corrected chi connectivity index (χ2v) is 10.4. The van der Waals surface area contributed by atoms with Crippen LogP contribution in [0.4, 0.5) is 0 Å². The Morgan fingerprint density at radius 2 is 1.95 bits per heavy atom. The molecule has 39 heavy (non-hydrogen) atoms. The van der Waals surface area contributed by atoms with Gasteiger partial charge in [0.1, 0.15) is 5.58 Å². The molecule has 5 rings (SSSR count). The van der Waals surface area contributed by atoms with Gasteiger partial charge in [0.25, 0.3) is 5.56 Å². The number of hydrogen-bond donors (Lipinski definition) is 1. The van der Waals surface area contributed by atoms with E-state index < -0.39 is 17.6 Å². The van der Waals surface area contributed by atoms with E-state index in [1.165, 1.54) is 20.2 Å². The van der Waals surface area contributed by atoms with Crippen molar-refractivity contribution in [3.8, 4) is 23.1 Å². The van der Waals surface area contributed by atoms with Crippen LogP contribution in [-0.4, -0.2) is 40.2 Å². The Labute approximate surface area is 242 Å². The minimum Gasteiger partial charge on any atom is -0.493 e. The van der Waals surface area contributed by atoms with E-state index in [4.69, 9.17) is 25.5 Å². The summed E-state index contributed by atoms with van der Waals surface area (Å²) < 4.78 is 19.1. The summed E-state index contributed by atoms with van der Waals surface area (Å²) in [6.45, 7) is 1.41. The van der Waals surface area contributed by atoms with Crippen molar-refractivity contribution in [2.45, 2.75) is 13.0 Å². The molecule has 0 saturated carbocycles. The molecule has 12 heteroatoms. The minimum absolute atomic E-state index is 0.194. The van der Waals surface area contributed by atoms with Gasteiger partial charge in [0.15, 0.2) is 23.4 Å². The first-order valence-electron chi connectivity index (χ1n) is 11.4. The van der Waals surface area contributed by atoms with Gasteiger partial charge in [0, 0.05) is 20.4 Å². The van der Waals surface area contributed by atoms with Crippen LogP contribution in [0, 0.1) is 0 Å². The van der Waals surface area contributed by atoms with E-state index >= 15 is 0 Å². The number of benzene rings is 3. The first-order valence-corrected chi connectivity index (χ1v) is 13.4. The Bertz CT molecular complexity index is 1850. The van der Waals surface area contributed by atoms with E-state index in [2.05, 4.69) is 41.9 Å². The van der Waals surface area contributed by atoms with Crippen molar-refractivity contribution in [3.63, 3.8) is 0 Å². The van der Waals surface area contributed by atoms with Crippen molar-refractivity contribution < 1.29 is 23.8 Å². The molecule has 1 N–H and O–H groups in total. The maximum Gasteiger partial charge on any atom is 0.344 e. The Morgan fingerprint density at radius 1 is 1.18 bits per heavy atom. The number of ether oxygens (including phenoxy) is 2. The van der Waals surface area contributed by atoms with Gasteiger partial charge in [-0.2, -0.15) is 9.78 Å². The highest BCUT2D eigenvalue weighted by atomic mass is 79.9. The zero-order chi connectivity index (χ0) is 27.8. The lowest BCUT2D eigenvalue weighted by Crippen LogP contribution is -2.23.